The van der Waals surface area contributed by atoms with Gasteiger partial charge < -0.3 is 20.5 Å². The number of carbonyl (C=O) groups excluding carboxylic acids is 2. The zero-order valence-corrected chi connectivity index (χ0v) is 19.8. The van der Waals surface area contributed by atoms with E-state index in [2.05, 4.69) is 34.9 Å². The van der Waals surface area contributed by atoms with Gasteiger partial charge in [-0.05, 0) is 55.9 Å². The first-order valence-corrected chi connectivity index (χ1v) is 11.5. The van der Waals surface area contributed by atoms with Gasteiger partial charge in [-0.1, -0.05) is 60.2 Å². The molecule has 2 atom stereocenters. The highest BCUT2D eigenvalue weighted by molar-refractivity contribution is 5.83. The van der Waals surface area contributed by atoms with E-state index in [1.165, 1.54) is 0 Å². The Morgan fingerprint density at radius 1 is 1.00 bits per heavy atom. The highest BCUT2D eigenvalue weighted by atomic mass is 16.5. The fourth-order valence-corrected chi connectivity index (χ4v) is 4.10. The minimum absolute atomic E-state index is 0.0204. The summed E-state index contributed by atoms with van der Waals surface area (Å²) in [5.41, 5.74) is 5.59. The van der Waals surface area contributed by atoms with Gasteiger partial charge in [0.15, 0.2) is 0 Å². The highest BCUT2D eigenvalue weighted by Crippen LogP contribution is 2.44. The number of carboxylic acid groups (broad SMARTS) is 1. The average molecular weight is 465 g/mol. The Hall–Kier alpha value is -3.61. The lowest BCUT2D eigenvalue weighted by molar-refractivity contribution is -0.141. The number of nitrogens with one attached hydrogen (secondary N) is 2. The first-order chi connectivity index (χ1) is 16.3. The van der Waals surface area contributed by atoms with Crippen molar-refractivity contribution < 1.29 is 24.2 Å². The van der Waals surface area contributed by atoms with E-state index < -0.39 is 18.1 Å². The molecule has 0 spiro atoms. The Kier molecular flexibility index (Phi) is 8.46. The van der Waals surface area contributed by atoms with Crippen LogP contribution in [0.1, 0.15) is 57.1 Å². The van der Waals surface area contributed by atoms with E-state index in [4.69, 9.17) is 4.74 Å². The second-order valence-electron chi connectivity index (χ2n) is 8.89. The number of alkyl carbamates (subject to hydrolysis) is 1. The maximum atomic E-state index is 12.4. The number of hydrogen-bond acceptors (Lipinski definition) is 4. The van der Waals surface area contributed by atoms with Crippen LogP contribution in [-0.4, -0.2) is 41.8 Å². The van der Waals surface area contributed by atoms with Crippen LogP contribution in [0, 0.1) is 0 Å². The second kappa shape index (κ2) is 11.5. The second-order valence-corrected chi connectivity index (χ2v) is 8.89. The largest absolute Gasteiger partial charge is 0.480 e. The number of hydrogen-bond donors (Lipinski definition) is 3. The molecule has 0 aliphatic heterocycles. The van der Waals surface area contributed by atoms with Crippen LogP contribution in [0.2, 0.25) is 0 Å². The molecule has 0 saturated heterocycles. The van der Waals surface area contributed by atoms with Gasteiger partial charge in [-0.2, -0.15) is 0 Å². The third kappa shape index (κ3) is 6.47. The van der Waals surface area contributed by atoms with E-state index in [0.717, 1.165) is 27.8 Å². The van der Waals surface area contributed by atoms with Gasteiger partial charge in [0, 0.05) is 18.4 Å². The number of amides is 2. The summed E-state index contributed by atoms with van der Waals surface area (Å²) < 4.78 is 5.53. The van der Waals surface area contributed by atoms with Crippen molar-refractivity contribution in [1.82, 2.24) is 10.6 Å². The summed E-state index contributed by atoms with van der Waals surface area (Å²) in [6.45, 7) is 5.75. The number of aliphatic carboxylic acids is 1. The lowest BCUT2D eigenvalue weighted by Gasteiger charge is -2.18. The number of ether oxygens (including phenoxy) is 1. The van der Waals surface area contributed by atoms with E-state index in [0.29, 0.717) is 6.42 Å². The van der Waals surface area contributed by atoms with E-state index in [-0.39, 0.29) is 37.3 Å². The molecule has 2 amide bonds. The summed E-state index contributed by atoms with van der Waals surface area (Å²) in [4.78, 5) is 35.9. The zero-order valence-electron chi connectivity index (χ0n) is 19.8. The molecule has 0 radical (unpaired) electrons. The molecule has 2 unspecified atom stereocenters. The number of benzene rings is 2. The first-order valence-electron chi connectivity index (χ1n) is 11.5. The normalized spacial score (nSPS) is 13.7. The smallest absolute Gasteiger partial charge is 0.407 e. The maximum absolute atomic E-state index is 12.4. The van der Waals surface area contributed by atoms with Crippen LogP contribution in [0.15, 0.2) is 60.2 Å². The molecule has 180 valence electrons. The van der Waals surface area contributed by atoms with Gasteiger partial charge >= 0.3 is 12.1 Å². The first kappa shape index (κ1) is 25.0. The number of fused-ring (bicyclic) bond motifs is 3. The van der Waals surface area contributed by atoms with Crippen molar-refractivity contribution in [3.05, 3.63) is 71.3 Å². The molecule has 0 fully saturated rings. The fraction of sp³-hybridized carbons (Fsp3) is 0.370. The molecule has 2 aromatic carbocycles. The molecule has 2 aromatic rings. The lowest BCUT2D eigenvalue weighted by atomic mass is 9.98. The van der Waals surface area contributed by atoms with Crippen LogP contribution in [-0.2, 0) is 14.3 Å². The minimum Gasteiger partial charge on any atom is -0.480 e. The molecule has 1 aliphatic rings. The zero-order chi connectivity index (χ0) is 24.7. The Bertz CT molecular complexity index is 1030. The van der Waals surface area contributed by atoms with Crippen LogP contribution in [0.5, 0.6) is 0 Å². The maximum Gasteiger partial charge on any atom is 0.407 e. The monoisotopic (exact) mass is 464 g/mol. The molecule has 3 rings (SSSR count). The molecule has 0 heterocycles. The Balaban J connectivity index is 1.46. The third-order valence-corrected chi connectivity index (χ3v) is 5.91. The van der Waals surface area contributed by atoms with Crippen molar-refractivity contribution in [1.29, 1.82) is 0 Å². The van der Waals surface area contributed by atoms with Crippen molar-refractivity contribution in [2.75, 3.05) is 6.61 Å². The summed E-state index contributed by atoms with van der Waals surface area (Å²) >= 11 is 0. The van der Waals surface area contributed by atoms with Crippen molar-refractivity contribution in [2.45, 2.75) is 58.0 Å². The molecular formula is C27H32N2O5. The van der Waals surface area contributed by atoms with Gasteiger partial charge in [0.1, 0.15) is 12.6 Å². The Morgan fingerprint density at radius 3 is 2.15 bits per heavy atom. The Morgan fingerprint density at radius 2 is 1.59 bits per heavy atom. The SMILES string of the molecule is CC(C)=CCC(NC(=O)CCC(C)NC(=O)OCC1c2ccccc2-c2ccccc21)C(=O)O. The molecule has 34 heavy (non-hydrogen) atoms. The summed E-state index contributed by atoms with van der Waals surface area (Å²) in [5, 5.41) is 14.6. The van der Waals surface area contributed by atoms with E-state index in [9.17, 15) is 19.5 Å². The number of carbonyl (C=O) groups is 3. The van der Waals surface area contributed by atoms with Crippen molar-refractivity contribution in [2.24, 2.45) is 0 Å². The third-order valence-electron chi connectivity index (χ3n) is 5.91. The standard InChI is InChI=1S/C27H32N2O5/c1-17(2)12-14-24(26(31)32)29-25(30)15-13-18(3)28-27(33)34-16-23-21-10-6-4-8-19(21)20-9-5-7-11-22(20)23/h4-12,18,23-24H,13-16H2,1-3H3,(H,28,33)(H,29,30)(H,31,32). The molecule has 7 nitrogen and oxygen atoms in total. The molecule has 7 heteroatoms. The average Bonchev–Trinajstić information content (AvgIpc) is 3.12. The van der Waals surface area contributed by atoms with E-state index in [1.807, 2.05) is 38.1 Å². The van der Waals surface area contributed by atoms with E-state index in [1.54, 1.807) is 13.0 Å². The van der Waals surface area contributed by atoms with Crippen LogP contribution in [0.3, 0.4) is 0 Å². The van der Waals surface area contributed by atoms with Gasteiger partial charge in [-0.15, -0.1) is 0 Å². The fourth-order valence-electron chi connectivity index (χ4n) is 4.10. The summed E-state index contributed by atoms with van der Waals surface area (Å²) in [6, 6.07) is 15.0. The minimum atomic E-state index is -1.07. The van der Waals surface area contributed by atoms with Crippen LogP contribution in [0.25, 0.3) is 11.1 Å². The number of allylic oxidation sites excluding steroid dienone is 1. The van der Waals surface area contributed by atoms with Crippen molar-refractivity contribution in [3.63, 3.8) is 0 Å². The number of carboxylic acids is 1. The quantitative estimate of drug-likeness (QED) is 0.445. The molecule has 0 aromatic heterocycles. The van der Waals surface area contributed by atoms with Gasteiger partial charge in [0.05, 0.1) is 0 Å². The van der Waals surface area contributed by atoms with Gasteiger partial charge in [-0.3, -0.25) is 4.79 Å². The Labute approximate surface area is 200 Å². The molecule has 3 N–H and O–H groups in total. The van der Waals surface area contributed by atoms with Crippen molar-refractivity contribution in [3.8, 4) is 11.1 Å². The van der Waals surface area contributed by atoms with Crippen molar-refractivity contribution >= 4 is 18.0 Å². The lowest BCUT2D eigenvalue weighted by Crippen LogP contribution is -2.41. The highest BCUT2D eigenvalue weighted by Gasteiger charge is 2.29. The number of rotatable bonds is 10. The molecular weight excluding hydrogens is 432 g/mol. The van der Waals surface area contributed by atoms with Crippen LogP contribution < -0.4 is 10.6 Å². The predicted octanol–water partition coefficient (Wildman–Crippen LogP) is 4.62. The van der Waals surface area contributed by atoms with E-state index >= 15 is 0 Å². The van der Waals surface area contributed by atoms with Crippen LogP contribution >= 0.6 is 0 Å². The molecule has 1 aliphatic carbocycles. The molecule has 0 saturated carbocycles. The summed E-state index contributed by atoms with van der Waals surface area (Å²) in [7, 11) is 0. The topological polar surface area (TPSA) is 105 Å². The predicted molar refractivity (Wildman–Crippen MR) is 131 cm³/mol. The van der Waals surface area contributed by atoms with Gasteiger partial charge in [0.2, 0.25) is 5.91 Å². The summed E-state index contributed by atoms with van der Waals surface area (Å²) in [5.74, 6) is -1.46. The van der Waals surface area contributed by atoms with Gasteiger partial charge in [0.25, 0.3) is 0 Å². The molecule has 0 bridgehead atoms. The van der Waals surface area contributed by atoms with Gasteiger partial charge in [-0.25, -0.2) is 9.59 Å². The van der Waals surface area contributed by atoms with Crippen LogP contribution in [0.4, 0.5) is 4.79 Å². The summed E-state index contributed by atoms with van der Waals surface area (Å²) in [6.07, 6.45) is 1.94.